The molecule has 0 heterocycles. The van der Waals surface area contributed by atoms with Crippen LogP contribution >= 0.6 is 0 Å². The summed E-state index contributed by atoms with van der Waals surface area (Å²) in [4.78, 5) is 0. The van der Waals surface area contributed by atoms with Gasteiger partial charge in [0, 0.05) is 6.04 Å². The summed E-state index contributed by atoms with van der Waals surface area (Å²) in [6, 6.07) is 8.73. The number of hydrogen-bond acceptors (Lipinski definition) is 3. The number of benzene rings is 1. The highest BCUT2D eigenvalue weighted by Crippen LogP contribution is 2.19. The molecule has 114 valence electrons. The van der Waals surface area contributed by atoms with Crippen molar-refractivity contribution >= 4 is 0 Å². The van der Waals surface area contributed by atoms with Crippen molar-refractivity contribution < 1.29 is 9.84 Å². The average molecular weight is 279 g/mol. The second-order valence-corrected chi connectivity index (χ2v) is 5.59. The molecule has 0 bridgehead atoms. The molecule has 0 amide bonds. The molecule has 1 atom stereocenters. The fourth-order valence-electron chi connectivity index (χ4n) is 1.95. The quantitative estimate of drug-likeness (QED) is 0.729. The maximum absolute atomic E-state index is 10.2. The molecule has 3 nitrogen and oxygen atoms in total. The maximum atomic E-state index is 10.2. The standard InChI is InChI=1S/C17H29NO2/c1-5-17(19,6-2)13-20-16-11-9-15(10-12-16)8-7-14(3)18-4/h9-12,14,18-19H,5-8,13H2,1-4H3. The number of ether oxygens (including phenoxy) is 1. The van der Waals surface area contributed by atoms with Crippen molar-refractivity contribution in [2.75, 3.05) is 13.7 Å². The molecule has 1 aromatic carbocycles. The van der Waals surface area contributed by atoms with E-state index in [1.54, 1.807) is 0 Å². The molecule has 1 rings (SSSR count). The van der Waals surface area contributed by atoms with Crippen molar-refractivity contribution in [3.8, 4) is 5.75 Å². The fourth-order valence-corrected chi connectivity index (χ4v) is 1.95. The van der Waals surface area contributed by atoms with Gasteiger partial charge in [-0.15, -0.1) is 0 Å². The van der Waals surface area contributed by atoms with E-state index in [4.69, 9.17) is 4.74 Å². The summed E-state index contributed by atoms with van der Waals surface area (Å²) in [5.41, 5.74) is 0.613. The molecular weight excluding hydrogens is 250 g/mol. The molecule has 0 saturated heterocycles. The van der Waals surface area contributed by atoms with E-state index in [1.165, 1.54) is 5.56 Å². The van der Waals surface area contributed by atoms with Crippen LogP contribution in [0.1, 0.15) is 45.6 Å². The molecule has 2 N–H and O–H groups in total. The minimum Gasteiger partial charge on any atom is -0.491 e. The van der Waals surface area contributed by atoms with E-state index < -0.39 is 5.60 Å². The SMILES string of the molecule is CCC(O)(CC)COc1ccc(CCC(C)NC)cc1. The van der Waals surface area contributed by atoms with Crippen LogP contribution in [-0.4, -0.2) is 30.4 Å². The molecule has 0 spiro atoms. The Morgan fingerprint density at radius 2 is 1.80 bits per heavy atom. The van der Waals surface area contributed by atoms with Gasteiger partial charge in [-0.05, 0) is 57.4 Å². The van der Waals surface area contributed by atoms with Crippen molar-refractivity contribution in [2.24, 2.45) is 0 Å². The molecule has 0 aliphatic heterocycles. The normalized spacial score (nSPS) is 13.2. The zero-order chi connectivity index (χ0) is 15.0. The van der Waals surface area contributed by atoms with Gasteiger partial charge >= 0.3 is 0 Å². The second kappa shape index (κ2) is 8.28. The van der Waals surface area contributed by atoms with Gasteiger partial charge in [-0.3, -0.25) is 0 Å². The van der Waals surface area contributed by atoms with E-state index >= 15 is 0 Å². The second-order valence-electron chi connectivity index (χ2n) is 5.59. The summed E-state index contributed by atoms with van der Waals surface area (Å²) in [5, 5.41) is 13.4. The highest BCUT2D eigenvalue weighted by atomic mass is 16.5. The van der Waals surface area contributed by atoms with Crippen LogP contribution in [0.2, 0.25) is 0 Å². The first-order chi connectivity index (χ1) is 9.53. The lowest BCUT2D eigenvalue weighted by Crippen LogP contribution is -2.34. The van der Waals surface area contributed by atoms with E-state index in [0.29, 0.717) is 25.5 Å². The Morgan fingerprint density at radius 3 is 2.30 bits per heavy atom. The topological polar surface area (TPSA) is 41.5 Å². The summed E-state index contributed by atoms with van der Waals surface area (Å²) in [6.45, 7) is 6.52. The molecular formula is C17H29NO2. The van der Waals surface area contributed by atoms with Crippen molar-refractivity contribution in [3.05, 3.63) is 29.8 Å². The lowest BCUT2D eigenvalue weighted by atomic mass is 9.99. The first kappa shape index (κ1) is 17.0. The minimum atomic E-state index is -0.707. The van der Waals surface area contributed by atoms with Gasteiger partial charge in [0.25, 0.3) is 0 Å². The van der Waals surface area contributed by atoms with Gasteiger partial charge in [0.2, 0.25) is 0 Å². The van der Waals surface area contributed by atoms with Gasteiger partial charge in [0.05, 0.1) is 5.60 Å². The monoisotopic (exact) mass is 279 g/mol. The summed E-state index contributed by atoms with van der Waals surface area (Å²) < 4.78 is 5.69. The predicted octanol–water partition coefficient (Wildman–Crippen LogP) is 3.16. The Labute approximate surface area is 123 Å². The van der Waals surface area contributed by atoms with E-state index in [-0.39, 0.29) is 0 Å². The van der Waals surface area contributed by atoms with Crippen molar-refractivity contribution in [3.63, 3.8) is 0 Å². The van der Waals surface area contributed by atoms with Crippen LogP contribution in [0.3, 0.4) is 0 Å². The molecule has 0 aromatic heterocycles. The number of aliphatic hydroxyl groups is 1. The summed E-state index contributed by atoms with van der Waals surface area (Å²) >= 11 is 0. The molecule has 0 radical (unpaired) electrons. The van der Waals surface area contributed by atoms with Crippen LogP contribution in [0, 0.1) is 0 Å². The Kier molecular flexibility index (Phi) is 7.03. The van der Waals surface area contributed by atoms with Crippen molar-refractivity contribution in [1.82, 2.24) is 5.32 Å². The van der Waals surface area contributed by atoms with E-state index in [2.05, 4.69) is 24.4 Å². The number of hydrogen-bond donors (Lipinski definition) is 2. The Morgan fingerprint density at radius 1 is 1.20 bits per heavy atom. The van der Waals surface area contributed by atoms with Crippen LogP contribution in [0.25, 0.3) is 0 Å². The van der Waals surface area contributed by atoms with Crippen LogP contribution in [0.15, 0.2) is 24.3 Å². The molecule has 1 aromatic rings. The summed E-state index contributed by atoms with van der Waals surface area (Å²) in [6.07, 6.45) is 3.62. The first-order valence-electron chi connectivity index (χ1n) is 7.64. The Hall–Kier alpha value is -1.06. The largest absolute Gasteiger partial charge is 0.491 e. The van der Waals surface area contributed by atoms with Crippen LogP contribution in [-0.2, 0) is 6.42 Å². The van der Waals surface area contributed by atoms with Crippen LogP contribution in [0.4, 0.5) is 0 Å². The maximum Gasteiger partial charge on any atom is 0.119 e. The van der Waals surface area contributed by atoms with Gasteiger partial charge in [0.1, 0.15) is 12.4 Å². The zero-order valence-electron chi connectivity index (χ0n) is 13.3. The van der Waals surface area contributed by atoms with Gasteiger partial charge in [0.15, 0.2) is 0 Å². The zero-order valence-corrected chi connectivity index (χ0v) is 13.3. The summed E-state index contributed by atoms with van der Waals surface area (Å²) in [5.74, 6) is 0.829. The third-order valence-electron chi connectivity index (χ3n) is 4.11. The van der Waals surface area contributed by atoms with E-state index in [0.717, 1.165) is 18.6 Å². The van der Waals surface area contributed by atoms with Crippen molar-refractivity contribution in [1.29, 1.82) is 0 Å². The van der Waals surface area contributed by atoms with Crippen LogP contribution in [0.5, 0.6) is 5.75 Å². The van der Waals surface area contributed by atoms with Gasteiger partial charge < -0.3 is 15.2 Å². The van der Waals surface area contributed by atoms with Crippen molar-refractivity contribution in [2.45, 2.75) is 58.1 Å². The summed E-state index contributed by atoms with van der Waals surface area (Å²) in [7, 11) is 1.99. The van der Waals surface area contributed by atoms with Gasteiger partial charge in [-0.2, -0.15) is 0 Å². The highest BCUT2D eigenvalue weighted by Gasteiger charge is 2.22. The minimum absolute atomic E-state index is 0.357. The molecule has 1 unspecified atom stereocenters. The molecule has 0 saturated carbocycles. The number of rotatable bonds is 9. The molecule has 20 heavy (non-hydrogen) atoms. The third kappa shape index (κ3) is 5.51. The third-order valence-corrected chi connectivity index (χ3v) is 4.11. The number of nitrogens with one attached hydrogen (secondary N) is 1. The lowest BCUT2D eigenvalue weighted by Gasteiger charge is -2.25. The first-order valence-corrected chi connectivity index (χ1v) is 7.64. The lowest BCUT2D eigenvalue weighted by molar-refractivity contribution is -0.0113. The molecule has 0 fully saturated rings. The van der Waals surface area contributed by atoms with E-state index in [9.17, 15) is 5.11 Å². The predicted molar refractivity (Wildman–Crippen MR) is 84.3 cm³/mol. The fraction of sp³-hybridized carbons (Fsp3) is 0.647. The number of aryl methyl sites for hydroxylation is 1. The molecule has 0 aliphatic rings. The van der Waals surface area contributed by atoms with E-state index in [1.807, 2.05) is 33.0 Å². The highest BCUT2D eigenvalue weighted by molar-refractivity contribution is 5.27. The Bertz CT molecular complexity index is 371. The Balaban J connectivity index is 2.46. The van der Waals surface area contributed by atoms with Gasteiger partial charge in [-0.25, -0.2) is 0 Å². The smallest absolute Gasteiger partial charge is 0.119 e. The molecule has 0 aliphatic carbocycles. The van der Waals surface area contributed by atoms with Gasteiger partial charge in [-0.1, -0.05) is 26.0 Å². The average Bonchev–Trinajstić information content (AvgIpc) is 2.51. The van der Waals surface area contributed by atoms with Crippen LogP contribution < -0.4 is 10.1 Å². The molecule has 3 heteroatoms.